The first-order chi connectivity index (χ1) is 11.7. The maximum Gasteiger partial charge on any atom is 0.256 e. The van der Waals surface area contributed by atoms with Gasteiger partial charge in [0.1, 0.15) is 18.8 Å². The van der Waals surface area contributed by atoms with Crippen LogP contribution < -0.4 is 19.5 Å². The van der Waals surface area contributed by atoms with Gasteiger partial charge < -0.3 is 19.5 Å². The fourth-order valence-corrected chi connectivity index (χ4v) is 2.74. The van der Waals surface area contributed by atoms with Crippen LogP contribution in [-0.2, 0) is 6.42 Å². The molecule has 3 rings (SSSR count). The highest BCUT2D eigenvalue weighted by atomic mass is 35.5. The number of aromatic nitrogens is 1. The summed E-state index contributed by atoms with van der Waals surface area (Å²) in [5.41, 5.74) is 1.36. The summed E-state index contributed by atoms with van der Waals surface area (Å²) < 4.78 is 16.1. The van der Waals surface area contributed by atoms with E-state index >= 15 is 0 Å². The number of carbonyl (C=O) groups excluding carboxylic acids is 1. The summed E-state index contributed by atoms with van der Waals surface area (Å²) in [4.78, 5) is 16.2. The van der Waals surface area contributed by atoms with Crippen LogP contribution in [0.3, 0.4) is 0 Å². The molecule has 6 nitrogen and oxygen atoms in total. The van der Waals surface area contributed by atoms with Gasteiger partial charge in [0, 0.05) is 12.7 Å². The van der Waals surface area contributed by atoms with Gasteiger partial charge in [0.15, 0.2) is 11.5 Å². The van der Waals surface area contributed by atoms with Gasteiger partial charge in [-0.2, -0.15) is 0 Å². The van der Waals surface area contributed by atoms with Gasteiger partial charge in [0.2, 0.25) is 5.88 Å². The van der Waals surface area contributed by atoms with E-state index < -0.39 is 0 Å². The van der Waals surface area contributed by atoms with Crippen molar-refractivity contribution < 1.29 is 19.0 Å². The average molecular weight is 349 g/mol. The lowest BCUT2D eigenvalue weighted by Crippen LogP contribution is -2.26. The molecule has 0 atom stereocenters. The van der Waals surface area contributed by atoms with Crippen molar-refractivity contribution in [3.8, 4) is 17.4 Å². The predicted molar refractivity (Wildman–Crippen MR) is 89.3 cm³/mol. The molecule has 24 heavy (non-hydrogen) atoms. The molecule has 126 valence electrons. The first kappa shape index (κ1) is 16.4. The maximum absolute atomic E-state index is 12.2. The van der Waals surface area contributed by atoms with Gasteiger partial charge in [0.05, 0.1) is 12.1 Å². The van der Waals surface area contributed by atoms with Crippen molar-refractivity contribution in [2.24, 2.45) is 0 Å². The van der Waals surface area contributed by atoms with Crippen LogP contribution >= 0.6 is 11.6 Å². The van der Waals surface area contributed by atoms with Gasteiger partial charge in [-0.1, -0.05) is 11.6 Å². The number of rotatable bonds is 5. The summed E-state index contributed by atoms with van der Waals surface area (Å²) in [6, 6.07) is 7.07. The van der Waals surface area contributed by atoms with Crippen LogP contribution in [0.1, 0.15) is 15.9 Å². The second kappa shape index (κ2) is 7.40. The van der Waals surface area contributed by atoms with Gasteiger partial charge in [-0.3, -0.25) is 4.79 Å². The summed E-state index contributed by atoms with van der Waals surface area (Å²) in [7, 11) is 1.48. The summed E-state index contributed by atoms with van der Waals surface area (Å²) in [6.07, 6.45) is 2.19. The molecular formula is C17H17ClN2O4. The molecule has 7 heteroatoms. The fraction of sp³-hybridized carbons (Fsp3) is 0.294. The fourth-order valence-electron chi connectivity index (χ4n) is 2.45. The van der Waals surface area contributed by atoms with E-state index in [1.54, 1.807) is 18.3 Å². The third-order valence-corrected chi connectivity index (χ3v) is 3.85. The number of methoxy groups -OCH3 is 1. The molecule has 0 saturated carbocycles. The molecule has 0 spiro atoms. The molecule has 0 saturated heterocycles. The van der Waals surface area contributed by atoms with E-state index in [4.69, 9.17) is 25.8 Å². The van der Waals surface area contributed by atoms with Crippen molar-refractivity contribution in [3.63, 3.8) is 0 Å². The highest BCUT2D eigenvalue weighted by Gasteiger charge is 2.17. The van der Waals surface area contributed by atoms with E-state index in [9.17, 15) is 4.79 Å². The molecule has 2 aromatic rings. The molecule has 0 bridgehead atoms. The van der Waals surface area contributed by atoms with Crippen LogP contribution in [0.25, 0.3) is 0 Å². The Hall–Kier alpha value is -2.47. The van der Waals surface area contributed by atoms with E-state index in [1.165, 1.54) is 7.11 Å². The molecule has 1 aliphatic rings. The van der Waals surface area contributed by atoms with Crippen molar-refractivity contribution in [3.05, 3.63) is 46.6 Å². The Morgan fingerprint density at radius 3 is 3.04 bits per heavy atom. The van der Waals surface area contributed by atoms with Gasteiger partial charge in [-0.15, -0.1) is 0 Å². The molecule has 1 amide bonds. The SMILES string of the molecule is COc1ncccc1C(=O)NCCc1cc(Cl)c2c(c1)OCCO2. The number of nitrogens with zero attached hydrogens (tertiary/aromatic N) is 1. The van der Waals surface area contributed by atoms with E-state index in [2.05, 4.69) is 10.3 Å². The molecular weight excluding hydrogens is 332 g/mol. The standard InChI is InChI=1S/C17H17ClN2O4/c1-22-17-12(3-2-5-20-17)16(21)19-6-4-11-9-13(18)15-14(10-11)23-7-8-24-15/h2-3,5,9-10H,4,6-8H2,1H3,(H,19,21). The molecule has 0 unspecified atom stereocenters. The minimum absolute atomic E-state index is 0.233. The minimum Gasteiger partial charge on any atom is -0.486 e. The molecule has 1 N–H and O–H groups in total. The zero-order valence-electron chi connectivity index (χ0n) is 13.2. The molecule has 0 fully saturated rings. The smallest absolute Gasteiger partial charge is 0.256 e. The van der Waals surface area contributed by atoms with Crippen LogP contribution in [0.5, 0.6) is 17.4 Å². The second-order valence-electron chi connectivity index (χ2n) is 5.17. The second-order valence-corrected chi connectivity index (χ2v) is 5.58. The normalized spacial score (nSPS) is 12.6. The maximum atomic E-state index is 12.2. The number of ether oxygens (including phenoxy) is 3. The van der Waals surface area contributed by atoms with Crippen molar-refractivity contribution >= 4 is 17.5 Å². The molecule has 1 aromatic carbocycles. The van der Waals surface area contributed by atoms with E-state index in [-0.39, 0.29) is 5.91 Å². The van der Waals surface area contributed by atoms with E-state index in [1.807, 2.05) is 12.1 Å². The summed E-state index contributed by atoms with van der Waals surface area (Å²) in [6.45, 7) is 1.45. The lowest BCUT2D eigenvalue weighted by atomic mass is 10.1. The lowest BCUT2D eigenvalue weighted by Gasteiger charge is -2.20. The molecule has 1 aliphatic heterocycles. The number of nitrogens with one attached hydrogen (secondary N) is 1. The molecule has 2 heterocycles. The van der Waals surface area contributed by atoms with Gasteiger partial charge in [0.25, 0.3) is 5.91 Å². The third-order valence-electron chi connectivity index (χ3n) is 3.56. The topological polar surface area (TPSA) is 69.7 Å². The van der Waals surface area contributed by atoms with Crippen LogP contribution in [0.2, 0.25) is 5.02 Å². The van der Waals surface area contributed by atoms with Crippen molar-refractivity contribution in [1.29, 1.82) is 0 Å². The number of hydrogen-bond donors (Lipinski definition) is 1. The lowest BCUT2D eigenvalue weighted by molar-refractivity contribution is 0.0950. The van der Waals surface area contributed by atoms with Crippen LogP contribution in [-0.4, -0.2) is 37.8 Å². The number of pyridine rings is 1. The summed E-state index contributed by atoms with van der Waals surface area (Å²) >= 11 is 6.21. The highest BCUT2D eigenvalue weighted by molar-refractivity contribution is 6.32. The Bertz CT molecular complexity index is 751. The number of amides is 1. The van der Waals surface area contributed by atoms with Crippen LogP contribution in [0.4, 0.5) is 0 Å². The monoisotopic (exact) mass is 348 g/mol. The first-order valence-corrected chi connectivity index (χ1v) is 7.92. The number of carbonyl (C=O) groups is 1. The third kappa shape index (κ3) is 3.54. The van der Waals surface area contributed by atoms with Crippen molar-refractivity contribution in [2.45, 2.75) is 6.42 Å². The number of hydrogen-bond acceptors (Lipinski definition) is 5. The Labute approximate surface area is 144 Å². The number of halogens is 1. The zero-order valence-corrected chi connectivity index (χ0v) is 13.9. The Kier molecular flexibility index (Phi) is 5.05. The first-order valence-electron chi connectivity index (χ1n) is 7.54. The predicted octanol–water partition coefficient (Wildman–Crippen LogP) is 2.49. The van der Waals surface area contributed by atoms with Gasteiger partial charge in [-0.25, -0.2) is 4.98 Å². The minimum atomic E-state index is -0.233. The molecule has 0 aliphatic carbocycles. The van der Waals surface area contributed by atoms with Crippen LogP contribution in [0.15, 0.2) is 30.5 Å². The molecule has 1 aromatic heterocycles. The summed E-state index contributed by atoms with van der Waals surface area (Å²) in [5, 5.41) is 3.36. The summed E-state index contributed by atoms with van der Waals surface area (Å²) in [5.74, 6) is 1.29. The number of fused-ring (bicyclic) bond motifs is 1. The Morgan fingerprint density at radius 1 is 1.38 bits per heavy atom. The number of benzene rings is 1. The highest BCUT2D eigenvalue weighted by Crippen LogP contribution is 2.38. The Morgan fingerprint density at radius 2 is 2.21 bits per heavy atom. The van der Waals surface area contributed by atoms with Crippen LogP contribution in [0, 0.1) is 0 Å². The van der Waals surface area contributed by atoms with E-state index in [0.717, 1.165) is 5.56 Å². The van der Waals surface area contributed by atoms with Gasteiger partial charge >= 0.3 is 0 Å². The average Bonchev–Trinajstić information content (AvgIpc) is 2.61. The molecule has 0 radical (unpaired) electrons. The zero-order chi connectivity index (χ0) is 16.9. The largest absolute Gasteiger partial charge is 0.486 e. The Balaban J connectivity index is 1.62. The quantitative estimate of drug-likeness (QED) is 0.899. The van der Waals surface area contributed by atoms with E-state index in [0.29, 0.717) is 54.1 Å². The van der Waals surface area contributed by atoms with Crippen molar-refractivity contribution in [2.75, 3.05) is 26.9 Å². The van der Waals surface area contributed by atoms with Gasteiger partial charge in [-0.05, 0) is 36.2 Å². The van der Waals surface area contributed by atoms with Crippen molar-refractivity contribution in [1.82, 2.24) is 10.3 Å².